The Morgan fingerprint density at radius 3 is 2.16 bits per heavy atom. The molecule has 0 bridgehead atoms. The zero-order valence-electron chi connectivity index (χ0n) is 29.9. The molecule has 264 valence electrons. The summed E-state index contributed by atoms with van der Waals surface area (Å²) in [6, 6.07) is 21.3. The number of hydrogen-bond acceptors (Lipinski definition) is 6. The summed E-state index contributed by atoms with van der Waals surface area (Å²) < 4.78 is 34.3. The van der Waals surface area contributed by atoms with Crippen LogP contribution in [0, 0.1) is 0 Å². The van der Waals surface area contributed by atoms with Gasteiger partial charge in [0.1, 0.15) is 5.69 Å². The predicted octanol–water partition coefficient (Wildman–Crippen LogP) is 6.16. The third-order valence-corrected chi connectivity index (χ3v) is 9.01. The molecule has 1 aliphatic heterocycles. The van der Waals surface area contributed by atoms with Crippen LogP contribution in [-0.2, 0) is 35.6 Å². The molecule has 3 N–H and O–H groups in total. The third-order valence-electron chi connectivity index (χ3n) is 8.42. The number of fused-ring (bicyclic) bond motifs is 1. The normalized spacial score (nSPS) is 13.8. The topological polar surface area (TPSA) is 125 Å². The lowest BCUT2D eigenvalue weighted by Crippen LogP contribution is -2.51. The number of aromatic nitrogens is 1. The molecule has 0 spiro atoms. The highest BCUT2D eigenvalue weighted by atomic mass is 32.2. The van der Waals surface area contributed by atoms with Crippen LogP contribution in [-0.4, -0.2) is 74.3 Å². The van der Waals surface area contributed by atoms with Gasteiger partial charge in [-0.1, -0.05) is 83.1 Å². The number of benzene rings is 3. The lowest BCUT2D eigenvalue weighted by Gasteiger charge is -2.34. The van der Waals surface area contributed by atoms with Gasteiger partial charge < -0.3 is 24.8 Å². The van der Waals surface area contributed by atoms with Crippen LogP contribution in [0.15, 0.2) is 66.7 Å². The van der Waals surface area contributed by atoms with Crippen molar-refractivity contribution in [3.8, 4) is 5.75 Å². The van der Waals surface area contributed by atoms with Crippen molar-refractivity contribution in [1.29, 1.82) is 0 Å². The highest BCUT2D eigenvalue weighted by Crippen LogP contribution is 2.39. The van der Waals surface area contributed by atoms with Gasteiger partial charge in [0.2, 0.25) is 10.0 Å². The number of carbonyl (C=O) groups excluding carboxylic acids is 2. The highest BCUT2D eigenvalue weighted by Gasteiger charge is 2.25. The number of piperazine rings is 1. The van der Waals surface area contributed by atoms with E-state index in [-0.39, 0.29) is 28.8 Å². The summed E-state index contributed by atoms with van der Waals surface area (Å²) in [6.45, 7) is 13.9. The van der Waals surface area contributed by atoms with E-state index < -0.39 is 10.0 Å². The Hall–Kier alpha value is -4.55. The number of para-hydroxylation sites is 1. The molecule has 0 radical (unpaired) electrons. The first-order valence-corrected chi connectivity index (χ1v) is 18.5. The van der Waals surface area contributed by atoms with Crippen LogP contribution in [0.25, 0.3) is 10.9 Å². The first-order valence-electron chi connectivity index (χ1n) is 16.6. The van der Waals surface area contributed by atoms with Crippen molar-refractivity contribution in [1.82, 2.24) is 19.7 Å². The molecule has 0 saturated carbocycles. The molecule has 1 saturated heterocycles. The van der Waals surface area contributed by atoms with Crippen LogP contribution in [0.2, 0.25) is 0 Å². The third kappa shape index (κ3) is 9.33. The van der Waals surface area contributed by atoms with Gasteiger partial charge in [-0.05, 0) is 40.3 Å². The van der Waals surface area contributed by atoms with Crippen molar-refractivity contribution in [2.24, 2.45) is 7.05 Å². The molecule has 5 rings (SSSR count). The second-order valence-corrected chi connectivity index (χ2v) is 14.8. The maximum absolute atomic E-state index is 13.8. The summed E-state index contributed by atoms with van der Waals surface area (Å²) in [7, 11) is -0.295. The number of urea groups is 1. The molecule has 12 heteroatoms. The van der Waals surface area contributed by atoms with E-state index in [1.807, 2.05) is 106 Å². The molecule has 49 heavy (non-hydrogen) atoms. The van der Waals surface area contributed by atoms with Crippen LogP contribution < -0.4 is 20.1 Å². The molecule has 1 fully saturated rings. The van der Waals surface area contributed by atoms with Gasteiger partial charge in [0.15, 0.2) is 5.75 Å². The number of ether oxygens (including phenoxy) is 1. The number of hydrogen-bond donors (Lipinski definition) is 3. The van der Waals surface area contributed by atoms with Crippen molar-refractivity contribution >= 4 is 44.2 Å². The lowest BCUT2D eigenvalue weighted by molar-refractivity contribution is 0.101. The molecule has 3 aromatic carbocycles. The minimum absolute atomic E-state index is 0.0578. The average Bonchev–Trinajstić information content (AvgIpc) is 3.41. The predicted molar refractivity (Wildman–Crippen MR) is 198 cm³/mol. The first-order chi connectivity index (χ1) is 23.2. The summed E-state index contributed by atoms with van der Waals surface area (Å²) in [5.41, 5.74) is 4.67. The molecule has 4 aromatic rings. The second-order valence-electron chi connectivity index (χ2n) is 13.0. The number of aryl methyl sites for hydroxylation is 1. The molecule has 1 aromatic heterocycles. The van der Waals surface area contributed by atoms with Crippen molar-refractivity contribution < 1.29 is 22.7 Å². The van der Waals surface area contributed by atoms with Gasteiger partial charge in [-0.15, -0.1) is 0 Å². The fourth-order valence-electron chi connectivity index (χ4n) is 5.92. The summed E-state index contributed by atoms with van der Waals surface area (Å²) in [6.07, 6.45) is 1.07. The number of rotatable bonds is 9. The molecule has 3 amide bonds. The minimum Gasteiger partial charge on any atom is -0.492 e. The fraction of sp³-hybridized carbons (Fsp3) is 0.405. The number of methoxy groups -OCH3 is 1. The van der Waals surface area contributed by atoms with Gasteiger partial charge in [0.05, 0.1) is 30.3 Å². The Kier molecular flexibility index (Phi) is 12.0. The number of sulfonamides is 1. The Labute approximate surface area is 290 Å². The van der Waals surface area contributed by atoms with Crippen LogP contribution in [0.4, 0.5) is 16.2 Å². The first kappa shape index (κ1) is 37.3. The summed E-state index contributed by atoms with van der Waals surface area (Å²) >= 11 is 0. The van der Waals surface area contributed by atoms with E-state index >= 15 is 0 Å². The number of nitrogens with zero attached hydrogens (tertiary/aromatic N) is 3. The molecular formula is C37H50N6O5S. The van der Waals surface area contributed by atoms with Crippen molar-refractivity contribution in [2.45, 2.75) is 53.1 Å². The SMILES string of the molecule is CC.COc1c(NC(=O)c2cc3cccc(CN4CCN(C(=O)NCc5ccccc5)CC4)c3n2C)cc(C(C)(C)C)cc1NS(C)(=O)=O. The molecule has 0 aliphatic carbocycles. The van der Waals surface area contributed by atoms with E-state index in [9.17, 15) is 18.0 Å². The monoisotopic (exact) mass is 690 g/mol. The Balaban J connectivity index is 0.00000265. The van der Waals surface area contributed by atoms with Crippen molar-refractivity contribution in [3.63, 3.8) is 0 Å². The van der Waals surface area contributed by atoms with Gasteiger partial charge in [-0.3, -0.25) is 14.4 Å². The molecule has 0 atom stereocenters. The maximum Gasteiger partial charge on any atom is 0.317 e. The van der Waals surface area contributed by atoms with Crippen molar-refractivity contribution in [3.05, 3.63) is 89.1 Å². The molecular weight excluding hydrogens is 641 g/mol. The zero-order valence-corrected chi connectivity index (χ0v) is 30.7. The largest absolute Gasteiger partial charge is 0.492 e. The number of anilines is 2. The van der Waals surface area contributed by atoms with Crippen LogP contribution in [0.5, 0.6) is 5.75 Å². The number of carbonyl (C=O) groups is 2. The van der Waals surface area contributed by atoms with Crippen LogP contribution in [0.1, 0.15) is 61.8 Å². The fourth-order valence-corrected chi connectivity index (χ4v) is 6.47. The summed E-state index contributed by atoms with van der Waals surface area (Å²) in [4.78, 5) is 30.7. The van der Waals surface area contributed by atoms with E-state index in [1.165, 1.54) is 7.11 Å². The van der Waals surface area contributed by atoms with E-state index in [0.717, 1.165) is 46.9 Å². The maximum atomic E-state index is 13.8. The van der Waals surface area contributed by atoms with E-state index in [2.05, 4.69) is 26.3 Å². The smallest absolute Gasteiger partial charge is 0.317 e. The molecule has 1 aliphatic rings. The van der Waals surface area contributed by atoms with Crippen LogP contribution >= 0.6 is 0 Å². The standard InChI is InChI=1S/C35H44N6O5S.C2H6/c1-35(2,3)27-20-28(32(46-5)29(21-27)38-47(6,44)45)37-33(42)30-19-25-13-10-14-26(31(25)39(30)4)23-40-15-17-41(18-16-40)34(43)36-22-24-11-8-7-9-12-24;1-2/h7-14,19-21,38H,15-18,22-23H2,1-6H3,(H,36,43)(H,37,42);1-2H3. The van der Waals surface area contributed by atoms with E-state index in [4.69, 9.17) is 4.74 Å². The quantitative estimate of drug-likeness (QED) is 0.193. The van der Waals surface area contributed by atoms with E-state index in [1.54, 1.807) is 6.07 Å². The Morgan fingerprint density at radius 2 is 1.55 bits per heavy atom. The molecule has 0 unspecified atom stereocenters. The van der Waals surface area contributed by atoms with Gasteiger partial charge in [0.25, 0.3) is 5.91 Å². The lowest BCUT2D eigenvalue weighted by atomic mass is 9.86. The highest BCUT2D eigenvalue weighted by molar-refractivity contribution is 7.92. The molecule has 2 heterocycles. The van der Waals surface area contributed by atoms with Gasteiger partial charge in [-0.25, -0.2) is 13.2 Å². The number of amides is 3. The zero-order chi connectivity index (χ0) is 35.9. The summed E-state index contributed by atoms with van der Waals surface area (Å²) in [5, 5.41) is 6.93. The van der Waals surface area contributed by atoms with Gasteiger partial charge in [0, 0.05) is 51.7 Å². The van der Waals surface area contributed by atoms with E-state index in [0.29, 0.717) is 37.6 Å². The average molecular weight is 691 g/mol. The summed E-state index contributed by atoms with van der Waals surface area (Å²) in [5.74, 6) is -0.122. The Bertz CT molecular complexity index is 1870. The molecule has 11 nitrogen and oxygen atoms in total. The minimum atomic E-state index is -3.60. The Morgan fingerprint density at radius 1 is 0.898 bits per heavy atom. The number of nitrogens with one attached hydrogen (secondary N) is 3. The van der Waals surface area contributed by atoms with Crippen LogP contribution in [0.3, 0.4) is 0 Å². The van der Waals surface area contributed by atoms with Gasteiger partial charge >= 0.3 is 6.03 Å². The van der Waals surface area contributed by atoms with Crippen molar-refractivity contribution in [2.75, 3.05) is 49.6 Å². The second kappa shape index (κ2) is 15.8. The van der Waals surface area contributed by atoms with Gasteiger partial charge in [-0.2, -0.15) is 0 Å².